The van der Waals surface area contributed by atoms with Gasteiger partial charge in [-0.25, -0.2) is 19.6 Å². The van der Waals surface area contributed by atoms with Gasteiger partial charge in [-0.15, -0.1) is 5.10 Å². The maximum Gasteiger partial charge on any atom is 0.416 e. The number of hydrogen-bond donors (Lipinski definition) is 2. The molecular weight excluding hydrogens is 430 g/mol. The molecule has 2 heterocycles. The van der Waals surface area contributed by atoms with Crippen LogP contribution in [0.1, 0.15) is 16.7 Å². The van der Waals surface area contributed by atoms with Gasteiger partial charge in [0.05, 0.1) is 11.1 Å². The number of aliphatic hydroxyl groups excluding tert-OH is 1. The summed E-state index contributed by atoms with van der Waals surface area (Å²) >= 11 is 0. The molecular formula is C18H14F6N6O. The first-order chi connectivity index (χ1) is 14.5. The molecule has 0 fully saturated rings. The molecule has 0 aliphatic rings. The molecule has 0 saturated heterocycles. The Bertz CT molecular complexity index is 1020. The van der Waals surface area contributed by atoms with Gasteiger partial charge < -0.3 is 5.11 Å². The van der Waals surface area contributed by atoms with Crippen LogP contribution in [-0.2, 0) is 18.9 Å². The minimum Gasteiger partial charge on any atom is -0.375 e. The van der Waals surface area contributed by atoms with E-state index in [0.717, 1.165) is 11.0 Å². The van der Waals surface area contributed by atoms with Crippen LogP contribution in [0, 0.1) is 0 Å². The molecule has 2 N–H and O–H groups in total. The Morgan fingerprint density at radius 3 is 2.19 bits per heavy atom. The van der Waals surface area contributed by atoms with E-state index in [0.29, 0.717) is 17.7 Å². The topological polar surface area (TPSA) is 88.8 Å². The zero-order valence-electron chi connectivity index (χ0n) is 15.4. The van der Waals surface area contributed by atoms with Crippen molar-refractivity contribution in [1.29, 1.82) is 0 Å². The molecule has 1 atom stereocenters. The van der Waals surface area contributed by atoms with Crippen LogP contribution in [0.3, 0.4) is 0 Å². The summed E-state index contributed by atoms with van der Waals surface area (Å²) in [6.07, 6.45) is -3.05. The molecule has 31 heavy (non-hydrogen) atoms. The molecule has 164 valence electrons. The molecule has 1 unspecified atom stereocenters. The van der Waals surface area contributed by atoms with Crippen molar-refractivity contribution < 1.29 is 31.4 Å². The normalized spacial score (nSPS) is 13.6. The molecule has 0 spiro atoms. The summed E-state index contributed by atoms with van der Waals surface area (Å²) in [5.41, 5.74) is -2.66. The van der Waals surface area contributed by atoms with Crippen LogP contribution in [0.5, 0.6) is 0 Å². The molecule has 0 saturated carbocycles. The van der Waals surface area contributed by atoms with Crippen molar-refractivity contribution in [3.8, 4) is 11.4 Å². The zero-order chi connectivity index (χ0) is 22.6. The second-order valence-corrected chi connectivity index (χ2v) is 6.26. The third-order valence-corrected chi connectivity index (χ3v) is 3.90. The van der Waals surface area contributed by atoms with Gasteiger partial charge >= 0.3 is 12.4 Å². The Kier molecular flexibility index (Phi) is 6.36. The first-order valence-corrected chi connectivity index (χ1v) is 8.57. The Labute approximate surface area is 171 Å². The average molecular weight is 444 g/mol. The van der Waals surface area contributed by atoms with E-state index >= 15 is 0 Å². The minimum atomic E-state index is -4.97. The lowest BCUT2D eigenvalue weighted by Crippen LogP contribution is -2.26. The van der Waals surface area contributed by atoms with Crippen LogP contribution >= 0.6 is 0 Å². The smallest absolute Gasteiger partial charge is 0.375 e. The van der Waals surface area contributed by atoms with Gasteiger partial charge in [0.25, 0.3) is 0 Å². The number of nitrogens with one attached hydrogen (secondary N) is 1. The van der Waals surface area contributed by atoms with E-state index in [-0.39, 0.29) is 18.4 Å². The second kappa shape index (κ2) is 8.81. The van der Waals surface area contributed by atoms with Crippen molar-refractivity contribution in [2.75, 3.05) is 0 Å². The van der Waals surface area contributed by atoms with Crippen LogP contribution in [0.15, 0.2) is 49.3 Å². The molecule has 0 aliphatic carbocycles. The van der Waals surface area contributed by atoms with Crippen LogP contribution in [-0.4, -0.2) is 36.1 Å². The molecule has 7 nitrogen and oxygen atoms in total. The number of hydrogen-bond acceptors (Lipinski definition) is 6. The Hall–Kier alpha value is -3.32. The van der Waals surface area contributed by atoms with Crippen molar-refractivity contribution in [3.63, 3.8) is 0 Å². The predicted octanol–water partition coefficient (Wildman–Crippen LogP) is 3.35. The van der Waals surface area contributed by atoms with Gasteiger partial charge in [0, 0.05) is 36.3 Å². The van der Waals surface area contributed by atoms with Gasteiger partial charge in [-0.05, 0) is 24.3 Å². The van der Waals surface area contributed by atoms with Crippen LogP contribution < -0.4 is 5.32 Å². The van der Waals surface area contributed by atoms with E-state index in [2.05, 4.69) is 25.4 Å². The highest BCUT2D eigenvalue weighted by molar-refractivity contribution is 5.58. The molecule has 0 bridgehead atoms. The van der Waals surface area contributed by atoms with Gasteiger partial charge in [-0.3, -0.25) is 5.32 Å². The summed E-state index contributed by atoms with van der Waals surface area (Å²) < 4.78 is 79.0. The second-order valence-electron chi connectivity index (χ2n) is 6.26. The molecule has 2 aromatic heterocycles. The van der Waals surface area contributed by atoms with Crippen LogP contribution in [0.2, 0.25) is 0 Å². The van der Waals surface area contributed by atoms with Gasteiger partial charge in [0.1, 0.15) is 18.9 Å². The largest absolute Gasteiger partial charge is 0.416 e. The van der Waals surface area contributed by atoms with E-state index < -0.39 is 35.3 Å². The van der Waals surface area contributed by atoms with Crippen LogP contribution in [0.25, 0.3) is 17.6 Å². The number of nitrogens with zero attached hydrogens (tertiary/aromatic N) is 5. The number of alkyl halides is 6. The Balaban J connectivity index is 1.76. The van der Waals surface area contributed by atoms with Gasteiger partial charge in [0.15, 0.2) is 5.82 Å². The van der Waals surface area contributed by atoms with Gasteiger partial charge in [-0.2, -0.15) is 26.3 Å². The molecule has 3 rings (SSSR count). The summed E-state index contributed by atoms with van der Waals surface area (Å²) in [6.45, 7) is 0.249. The first kappa shape index (κ1) is 22.4. The fourth-order valence-corrected chi connectivity index (χ4v) is 2.44. The molecule has 0 radical (unpaired) electrons. The Morgan fingerprint density at radius 1 is 1.00 bits per heavy atom. The quantitative estimate of drug-likeness (QED) is 0.448. The van der Waals surface area contributed by atoms with Crippen molar-refractivity contribution in [2.24, 2.45) is 0 Å². The summed E-state index contributed by atoms with van der Waals surface area (Å²) in [6, 6.07) is 1.11. The lowest BCUT2D eigenvalue weighted by Gasteiger charge is -2.13. The van der Waals surface area contributed by atoms with Crippen LogP contribution in [0.4, 0.5) is 26.3 Å². The van der Waals surface area contributed by atoms with E-state index in [4.69, 9.17) is 0 Å². The average Bonchev–Trinajstić information content (AvgIpc) is 3.19. The highest BCUT2D eigenvalue weighted by atomic mass is 19.4. The van der Waals surface area contributed by atoms with Crippen molar-refractivity contribution in [2.45, 2.75) is 25.1 Å². The number of benzene rings is 1. The van der Waals surface area contributed by atoms with Gasteiger partial charge in [-0.1, -0.05) is 0 Å². The highest BCUT2D eigenvalue weighted by Gasteiger charge is 2.37. The van der Waals surface area contributed by atoms with E-state index in [9.17, 15) is 31.4 Å². The highest BCUT2D eigenvalue weighted by Crippen LogP contribution is 2.38. The number of aromatic nitrogens is 5. The van der Waals surface area contributed by atoms with Crippen molar-refractivity contribution >= 4 is 6.20 Å². The zero-order valence-corrected chi connectivity index (χ0v) is 15.4. The standard InChI is InChI=1S/C18H14F6N6O/c19-17(20,21)13-3-12(4-14(5-13)18(22,23)24)16-28-10-30(29-16)2-1-15(31)27-8-11-6-25-9-26-7-11/h1-7,9-10,15,27,31H,8H2/b2-1-. The van der Waals surface area contributed by atoms with Gasteiger partial charge in [0.2, 0.25) is 0 Å². The fraction of sp³-hybridized carbons (Fsp3) is 0.222. The lowest BCUT2D eigenvalue weighted by atomic mass is 10.0. The van der Waals surface area contributed by atoms with Crippen molar-refractivity contribution in [3.05, 3.63) is 66.0 Å². The monoisotopic (exact) mass is 444 g/mol. The summed E-state index contributed by atoms with van der Waals surface area (Å²) in [7, 11) is 0. The summed E-state index contributed by atoms with van der Waals surface area (Å²) in [4.78, 5) is 11.4. The molecule has 0 aliphatic heterocycles. The van der Waals surface area contributed by atoms with E-state index in [1.54, 1.807) is 12.4 Å². The maximum atomic E-state index is 13.0. The summed E-state index contributed by atoms with van der Waals surface area (Å²) in [5, 5.41) is 16.5. The summed E-state index contributed by atoms with van der Waals surface area (Å²) in [5.74, 6) is -0.342. The molecule has 0 amide bonds. The number of aliphatic hydroxyl groups is 1. The predicted molar refractivity (Wildman–Crippen MR) is 95.7 cm³/mol. The number of halogens is 6. The van der Waals surface area contributed by atoms with E-state index in [1.807, 2.05) is 0 Å². The van der Waals surface area contributed by atoms with Crippen molar-refractivity contribution in [1.82, 2.24) is 30.0 Å². The lowest BCUT2D eigenvalue weighted by molar-refractivity contribution is -0.143. The molecule has 3 aromatic rings. The van der Waals surface area contributed by atoms with E-state index in [1.165, 1.54) is 18.6 Å². The fourth-order valence-electron chi connectivity index (χ4n) is 2.44. The third kappa shape index (κ3) is 6.08. The maximum absolute atomic E-state index is 13.0. The molecule has 13 heteroatoms. The third-order valence-electron chi connectivity index (χ3n) is 3.90. The molecule has 1 aromatic carbocycles. The SMILES string of the molecule is OC(/C=C\n1cnc(-c2cc(C(F)(F)F)cc(C(F)(F)F)c2)n1)NCc1cncnc1. The number of rotatable bonds is 6. The first-order valence-electron chi connectivity index (χ1n) is 8.57. The minimum absolute atomic E-state index is 0.0280. The Morgan fingerprint density at radius 2 is 1.61 bits per heavy atom.